The molecule has 1 aromatic carbocycles. The quantitative estimate of drug-likeness (QED) is 0.726. The zero-order chi connectivity index (χ0) is 13.9. The molecule has 106 valence electrons. The van der Waals surface area contributed by atoms with E-state index in [0.29, 0.717) is 0 Å². The van der Waals surface area contributed by atoms with Gasteiger partial charge in [-0.3, -0.25) is 0 Å². The molecule has 3 rings (SSSR count). The molecular formula is C16H17ClOS2. The number of thiophene rings is 1. The van der Waals surface area contributed by atoms with E-state index in [-0.39, 0.29) is 5.38 Å². The van der Waals surface area contributed by atoms with E-state index in [2.05, 4.69) is 18.2 Å². The van der Waals surface area contributed by atoms with Gasteiger partial charge in [-0.15, -0.1) is 22.9 Å². The Morgan fingerprint density at radius 3 is 2.80 bits per heavy atom. The number of hydrogen-bond acceptors (Lipinski definition) is 3. The Morgan fingerprint density at radius 2 is 2.10 bits per heavy atom. The maximum atomic E-state index is 6.61. The summed E-state index contributed by atoms with van der Waals surface area (Å²) in [5.41, 5.74) is 2.76. The Balaban J connectivity index is 1.71. The Morgan fingerprint density at radius 1 is 1.30 bits per heavy atom. The maximum absolute atomic E-state index is 6.61. The molecule has 0 bridgehead atoms. The van der Waals surface area contributed by atoms with Crippen LogP contribution in [-0.4, -0.2) is 12.9 Å². The van der Waals surface area contributed by atoms with Gasteiger partial charge in [-0.05, 0) is 47.9 Å². The number of halogens is 1. The van der Waals surface area contributed by atoms with Gasteiger partial charge in [0.05, 0.1) is 12.5 Å². The number of methoxy groups -OCH3 is 1. The van der Waals surface area contributed by atoms with Crippen LogP contribution >= 0.6 is 34.7 Å². The first-order valence-electron chi connectivity index (χ1n) is 6.72. The molecule has 4 heteroatoms. The SMILES string of the molecule is COc1ccc(CC(Cl)c2cc3c(s2)CCSC3)cc1. The fraction of sp³-hybridized carbons (Fsp3) is 0.375. The van der Waals surface area contributed by atoms with Gasteiger partial charge >= 0.3 is 0 Å². The Bertz CT molecular complexity index is 553. The van der Waals surface area contributed by atoms with E-state index in [0.717, 1.165) is 17.9 Å². The topological polar surface area (TPSA) is 9.23 Å². The van der Waals surface area contributed by atoms with Gasteiger partial charge in [0, 0.05) is 15.5 Å². The summed E-state index contributed by atoms with van der Waals surface area (Å²) in [6.45, 7) is 0. The number of ether oxygens (including phenoxy) is 1. The second kappa shape index (κ2) is 6.42. The molecule has 2 heterocycles. The third-order valence-electron chi connectivity index (χ3n) is 3.53. The van der Waals surface area contributed by atoms with Gasteiger partial charge in [0.2, 0.25) is 0 Å². The van der Waals surface area contributed by atoms with Crippen molar-refractivity contribution in [1.29, 1.82) is 0 Å². The van der Waals surface area contributed by atoms with Crippen molar-refractivity contribution in [3.8, 4) is 5.75 Å². The molecule has 1 atom stereocenters. The third kappa shape index (κ3) is 3.16. The summed E-state index contributed by atoms with van der Waals surface area (Å²) >= 11 is 10.5. The van der Waals surface area contributed by atoms with E-state index < -0.39 is 0 Å². The van der Waals surface area contributed by atoms with Crippen molar-refractivity contribution in [2.75, 3.05) is 12.9 Å². The van der Waals surface area contributed by atoms with Crippen LogP contribution in [0.5, 0.6) is 5.75 Å². The Hall–Kier alpha value is -0.640. The van der Waals surface area contributed by atoms with Gasteiger partial charge < -0.3 is 4.74 Å². The van der Waals surface area contributed by atoms with Crippen LogP contribution in [0, 0.1) is 0 Å². The molecule has 1 aromatic heterocycles. The van der Waals surface area contributed by atoms with Crippen molar-refractivity contribution in [2.45, 2.75) is 24.0 Å². The largest absolute Gasteiger partial charge is 0.497 e. The molecule has 0 amide bonds. The summed E-state index contributed by atoms with van der Waals surface area (Å²) in [7, 11) is 1.69. The Labute approximate surface area is 133 Å². The minimum absolute atomic E-state index is 0.0731. The van der Waals surface area contributed by atoms with Crippen LogP contribution in [0.1, 0.15) is 26.3 Å². The highest BCUT2D eigenvalue weighted by molar-refractivity contribution is 7.98. The lowest BCUT2D eigenvalue weighted by Crippen LogP contribution is -1.96. The summed E-state index contributed by atoms with van der Waals surface area (Å²) < 4.78 is 5.18. The van der Waals surface area contributed by atoms with E-state index >= 15 is 0 Å². The zero-order valence-electron chi connectivity index (χ0n) is 11.4. The lowest BCUT2D eigenvalue weighted by Gasteiger charge is -2.08. The van der Waals surface area contributed by atoms with Gasteiger partial charge in [-0.2, -0.15) is 11.8 Å². The molecule has 0 spiro atoms. The molecule has 0 saturated heterocycles. The maximum Gasteiger partial charge on any atom is 0.118 e. The van der Waals surface area contributed by atoms with Crippen molar-refractivity contribution in [3.63, 3.8) is 0 Å². The lowest BCUT2D eigenvalue weighted by atomic mass is 10.1. The summed E-state index contributed by atoms with van der Waals surface area (Å²) in [6.07, 6.45) is 2.08. The highest BCUT2D eigenvalue weighted by atomic mass is 35.5. The number of rotatable bonds is 4. The molecule has 0 fully saturated rings. The van der Waals surface area contributed by atoms with Gasteiger partial charge in [0.1, 0.15) is 5.75 Å². The van der Waals surface area contributed by atoms with E-state index in [1.807, 2.05) is 35.2 Å². The van der Waals surface area contributed by atoms with Crippen LogP contribution < -0.4 is 4.74 Å². The fourth-order valence-electron chi connectivity index (χ4n) is 2.39. The average Bonchev–Trinajstić information content (AvgIpc) is 2.92. The molecule has 1 unspecified atom stereocenters. The highest BCUT2D eigenvalue weighted by Crippen LogP contribution is 2.37. The van der Waals surface area contributed by atoms with E-state index in [9.17, 15) is 0 Å². The zero-order valence-corrected chi connectivity index (χ0v) is 13.8. The number of aryl methyl sites for hydroxylation is 1. The monoisotopic (exact) mass is 324 g/mol. The number of alkyl halides is 1. The molecule has 0 radical (unpaired) electrons. The first-order valence-corrected chi connectivity index (χ1v) is 9.13. The van der Waals surface area contributed by atoms with E-state index in [4.69, 9.17) is 16.3 Å². The van der Waals surface area contributed by atoms with Crippen LogP contribution in [-0.2, 0) is 18.6 Å². The predicted molar refractivity (Wildman–Crippen MR) is 89.5 cm³/mol. The summed E-state index contributed by atoms with van der Waals surface area (Å²) in [5, 5.41) is 0.0731. The summed E-state index contributed by atoms with van der Waals surface area (Å²) in [6, 6.07) is 10.5. The highest BCUT2D eigenvalue weighted by Gasteiger charge is 2.18. The predicted octanol–water partition coefficient (Wildman–Crippen LogP) is 5.07. The molecule has 1 aliphatic rings. The fourth-order valence-corrected chi connectivity index (χ4v) is 5.12. The van der Waals surface area contributed by atoms with Gasteiger partial charge in [-0.25, -0.2) is 0 Å². The number of fused-ring (bicyclic) bond motifs is 1. The van der Waals surface area contributed by atoms with Crippen molar-refractivity contribution >= 4 is 34.7 Å². The van der Waals surface area contributed by atoms with Crippen molar-refractivity contribution in [3.05, 3.63) is 51.2 Å². The molecule has 20 heavy (non-hydrogen) atoms. The summed E-state index contributed by atoms with van der Waals surface area (Å²) in [5.74, 6) is 3.29. The minimum Gasteiger partial charge on any atom is -0.497 e. The van der Waals surface area contributed by atoms with Gasteiger partial charge in [0.15, 0.2) is 0 Å². The van der Waals surface area contributed by atoms with Gasteiger partial charge in [0.25, 0.3) is 0 Å². The molecular weight excluding hydrogens is 308 g/mol. The molecule has 0 saturated carbocycles. The van der Waals surface area contributed by atoms with Crippen molar-refractivity contribution in [1.82, 2.24) is 0 Å². The smallest absolute Gasteiger partial charge is 0.118 e. The minimum atomic E-state index is 0.0731. The second-order valence-corrected chi connectivity index (χ2v) is 7.72. The van der Waals surface area contributed by atoms with Crippen LogP contribution in [0.2, 0.25) is 0 Å². The molecule has 1 nitrogen and oxygen atoms in total. The van der Waals surface area contributed by atoms with Gasteiger partial charge in [-0.1, -0.05) is 12.1 Å². The lowest BCUT2D eigenvalue weighted by molar-refractivity contribution is 0.414. The first kappa shape index (κ1) is 14.3. The first-order chi connectivity index (χ1) is 9.76. The number of benzene rings is 1. The molecule has 2 aromatic rings. The van der Waals surface area contributed by atoms with Crippen LogP contribution in [0.3, 0.4) is 0 Å². The van der Waals surface area contributed by atoms with Crippen molar-refractivity contribution < 1.29 is 4.74 Å². The van der Waals surface area contributed by atoms with Crippen molar-refractivity contribution in [2.24, 2.45) is 0 Å². The standard InChI is InChI=1S/C16H17ClOS2/c1-18-13-4-2-11(3-5-13)8-14(17)16-9-12-10-19-7-6-15(12)20-16/h2-5,9,14H,6-8,10H2,1H3. The number of hydrogen-bond donors (Lipinski definition) is 0. The van der Waals surface area contributed by atoms with E-state index in [1.54, 1.807) is 12.0 Å². The second-order valence-electron chi connectivity index (χ2n) is 4.92. The van der Waals surface area contributed by atoms with Crippen LogP contribution in [0.4, 0.5) is 0 Å². The van der Waals surface area contributed by atoms with Crippen LogP contribution in [0.15, 0.2) is 30.3 Å². The Kier molecular flexibility index (Phi) is 4.59. The molecule has 1 aliphatic heterocycles. The van der Waals surface area contributed by atoms with Crippen LogP contribution in [0.25, 0.3) is 0 Å². The molecule has 0 aliphatic carbocycles. The molecule has 0 N–H and O–H groups in total. The summed E-state index contributed by atoms with van der Waals surface area (Å²) in [4.78, 5) is 2.86. The average molecular weight is 325 g/mol. The number of thioether (sulfide) groups is 1. The third-order valence-corrected chi connectivity index (χ3v) is 6.41. The normalized spacial score (nSPS) is 15.7. The van der Waals surface area contributed by atoms with E-state index in [1.165, 1.54) is 28.2 Å².